The lowest BCUT2D eigenvalue weighted by molar-refractivity contribution is -0.126. The predicted molar refractivity (Wildman–Crippen MR) is 98.7 cm³/mol. The van der Waals surface area contributed by atoms with Gasteiger partial charge in [-0.15, -0.1) is 0 Å². The maximum absolute atomic E-state index is 12.3. The molecule has 0 radical (unpaired) electrons. The van der Waals surface area contributed by atoms with Crippen LogP contribution in [0.5, 0.6) is 5.75 Å². The summed E-state index contributed by atoms with van der Waals surface area (Å²) < 4.78 is 28.1. The Hall–Kier alpha value is -2.09. The molecule has 2 aromatic carbocycles. The SMILES string of the molecule is NS(=O)(=O)c1ccc(CCNC(=O)[C@@H]2COc3ccc(Cl)cc3C2)cc1. The number of amides is 1. The van der Waals surface area contributed by atoms with Gasteiger partial charge in [-0.25, -0.2) is 13.6 Å². The molecule has 8 heteroatoms. The molecule has 0 aromatic heterocycles. The van der Waals surface area contributed by atoms with Crippen LogP contribution in [0.25, 0.3) is 0 Å². The zero-order valence-corrected chi connectivity index (χ0v) is 15.5. The van der Waals surface area contributed by atoms with Crippen LogP contribution in [0, 0.1) is 5.92 Å². The summed E-state index contributed by atoms with van der Waals surface area (Å²) in [6, 6.07) is 11.7. The first kappa shape index (κ1) is 18.7. The molecule has 0 unspecified atom stereocenters. The third-order valence-electron chi connectivity index (χ3n) is 4.26. The first-order chi connectivity index (χ1) is 12.3. The van der Waals surface area contributed by atoms with Crippen LogP contribution in [0.15, 0.2) is 47.4 Å². The van der Waals surface area contributed by atoms with Crippen LogP contribution in [0.2, 0.25) is 5.02 Å². The maximum atomic E-state index is 12.3. The van der Waals surface area contributed by atoms with Gasteiger partial charge in [0.15, 0.2) is 0 Å². The molecule has 1 amide bonds. The summed E-state index contributed by atoms with van der Waals surface area (Å²) in [6.45, 7) is 0.788. The standard InChI is InChI=1S/C18H19ClN2O4S/c19-15-3-6-17-13(10-15)9-14(11-25-17)18(22)21-8-7-12-1-4-16(5-2-12)26(20,23)24/h1-6,10,14H,7-9,11H2,(H,21,22)(H2,20,23,24)/t14-/m0/s1. The fourth-order valence-corrected chi connectivity index (χ4v) is 3.56. The number of fused-ring (bicyclic) bond motifs is 1. The second kappa shape index (κ2) is 7.65. The average Bonchev–Trinajstić information content (AvgIpc) is 2.60. The molecular formula is C18H19ClN2O4S. The van der Waals surface area contributed by atoms with Crippen molar-refractivity contribution in [1.82, 2.24) is 5.32 Å². The molecule has 1 aliphatic heterocycles. The second-order valence-corrected chi connectivity index (χ2v) is 8.19. The predicted octanol–water partition coefficient (Wildman–Crippen LogP) is 1.90. The number of sulfonamides is 1. The van der Waals surface area contributed by atoms with Gasteiger partial charge < -0.3 is 10.1 Å². The summed E-state index contributed by atoms with van der Waals surface area (Å²) in [5.74, 6) is 0.441. The van der Waals surface area contributed by atoms with Gasteiger partial charge >= 0.3 is 0 Å². The van der Waals surface area contributed by atoms with Crippen LogP contribution in [0.4, 0.5) is 0 Å². The Balaban J connectivity index is 1.52. The Morgan fingerprint density at radius 1 is 1.23 bits per heavy atom. The number of carbonyl (C=O) groups excluding carboxylic acids is 1. The third-order valence-corrected chi connectivity index (χ3v) is 5.43. The molecule has 138 valence electrons. The van der Waals surface area contributed by atoms with Gasteiger partial charge in [0.1, 0.15) is 12.4 Å². The van der Waals surface area contributed by atoms with E-state index in [1.807, 2.05) is 12.1 Å². The average molecular weight is 395 g/mol. The van der Waals surface area contributed by atoms with Crippen LogP contribution < -0.4 is 15.2 Å². The van der Waals surface area contributed by atoms with Gasteiger partial charge in [-0.3, -0.25) is 4.79 Å². The van der Waals surface area contributed by atoms with Crippen molar-refractivity contribution in [3.63, 3.8) is 0 Å². The highest BCUT2D eigenvalue weighted by Gasteiger charge is 2.25. The van der Waals surface area contributed by atoms with Gasteiger partial charge in [-0.1, -0.05) is 23.7 Å². The highest BCUT2D eigenvalue weighted by atomic mass is 35.5. The van der Waals surface area contributed by atoms with Gasteiger partial charge in [0.25, 0.3) is 0 Å². The minimum Gasteiger partial charge on any atom is -0.492 e. The van der Waals surface area contributed by atoms with Crippen molar-refractivity contribution in [3.05, 3.63) is 58.6 Å². The first-order valence-corrected chi connectivity index (χ1v) is 10.1. The second-order valence-electron chi connectivity index (χ2n) is 6.19. The highest BCUT2D eigenvalue weighted by molar-refractivity contribution is 7.89. The van der Waals surface area contributed by atoms with Crippen molar-refractivity contribution in [3.8, 4) is 5.75 Å². The van der Waals surface area contributed by atoms with Crippen LogP contribution >= 0.6 is 11.6 Å². The Kier molecular flexibility index (Phi) is 5.50. The van der Waals surface area contributed by atoms with Crippen LogP contribution in [0.1, 0.15) is 11.1 Å². The Morgan fingerprint density at radius 3 is 2.65 bits per heavy atom. The number of hydrogen-bond acceptors (Lipinski definition) is 4. The maximum Gasteiger partial charge on any atom is 0.238 e. The Bertz CT molecular complexity index is 913. The normalized spacial score (nSPS) is 16.5. The van der Waals surface area contributed by atoms with E-state index in [1.165, 1.54) is 12.1 Å². The molecule has 1 heterocycles. The van der Waals surface area contributed by atoms with E-state index in [0.29, 0.717) is 31.0 Å². The molecule has 0 spiro atoms. The fourth-order valence-electron chi connectivity index (χ4n) is 2.85. The van der Waals surface area contributed by atoms with E-state index in [9.17, 15) is 13.2 Å². The lowest BCUT2D eigenvalue weighted by Gasteiger charge is -2.24. The van der Waals surface area contributed by atoms with Crippen molar-refractivity contribution >= 4 is 27.5 Å². The van der Waals surface area contributed by atoms with Crippen molar-refractivity contribution in [2.75, 3.05) is 13.2 Å². The van der Waals surface area contributed by atoms with E-state index in [-0.39, 0.29) is 16.7 Å². The molecule has 6 nitrogen and oxygen atoms in total. The Labute approximate surface area is 157 Å². The first-order valence-electron chi connectivity index (χ1n) is 8.13. The van der Waals surface area contributed by atoms with Gasteiger partial charge in [0.05, 0.1) is 10.8 Å². The lowest BCUT2D eigenvalue weighted by Crippen LogP contribution is -2.38. The van der Waals surface area contributed by atoms with Crippen LogP contribution in [-0.4, -0.2) is 27.5 Å². The zero-order chi connectivity index (χ0) is 18.7. The molecule has 3 N–H and O–H groups in total. The molecule has 1 aliphatic rings. The zero-order valence-electron chi connectivity index (χ0n) is 13.9. The van der Waals surface area contributed by atoms with Gasteiger partial charge in [0.2, 0.25) is 15.9 Å². The summed E-state index contributed by atoms with van der Waals surface area (Å²) in [5, 5.41) is 8.59. The summed E-state index contributed by atoms with van der Waals surface area (Å²) in [5.41, 5.74) is 1.84. The number of halogens is 1. The summed E-state index contributed by atoms with van der Waals surface area (Å²) in [7, 11) is -3.69. The third kappa shape index (κ3) is 4.55. The van der Waals surface area contributed by atoms with Gasteiger partial charge in [-0.05, 0) is 54.3 Å². The molecule has 1 atom stereocenters. The molecule has 0 aliphatic carbocycles. The molecule has 2 aromatic rings. The number of benzene rings is 2. The van der Waals surface area contributed by atoms with Crippen molar-refractivity contribution < 1.29 is 17.9 Å². The van der Waals surface area contributed by atoms with E-state index >= 15 is 0 Å². The fraction of sp³-hybridized carbons (Fsp3) is 0.278. The van der Waals surface area contributed by atoms with E-state index in [1.54, 1.807) is 18.2 Å². The minimum atomic E-state index is -3.69. The number of ether oxygens (including phenoxy) is 1. The molecule has 0 saturated carbocycles. The molecule has 0 saturated heterocycles. The summed E-state index contributed by atoms with van der Waals surface area (Å²) in [4.78, 5) is 12.4. The van der Waals surface area contributed by atoms with Crippen LogP contribution in [-0.2, 0) is 27.7 Å². The summed E-state index contributed by atoms with van der Waals surface area (Å²) >= 11 is 5.99. The number of nitrogens with one attached hydrogen (secondary N) is 1. The minimum absolute atomic E-state index is 0.0713. The molecule has 3 rings (SSSR count). The summed E-state index contributed by atoms with van der Waals surface area (Å²) in [6.07, 6.45) is 1.18. The van der Waals surface area contributed by atoms with Gasteiger partial charge in [-0.2, -0.15) is 0 Å². The van der Waals surface area contributed by atoms with E-state index < -0.39 is 10.0 Å². The van der Waals surface area contributed by atoms with E-state index in [2.05, 4.69) is 5.32 Å². The number of primary sulfonamides is 1. The van der Waals surface area contributed by atoms with E-state index in [0.717, 1.165) is 16.9 Å². The van der Waals surface area contributed by atoms with Crippen molar-refractivity contribution in [2.24, 2.45) is 11.1 Å². The molecule has 0 bridgehead atoms. The van der Waals surface area contributed by atoms with Crippen molar-refractivity contribution in [1.29, 1.82) is 0 Å². The molecular weight excluding hydrogens is 376 g/mol. The lowest BCUT2D eigenvalue weighted by atomic mass is 9.96. The number of nitrogens with two attached hydrogens (primary N) is 1. The quantitative estimate of drug-likeness (QED) is 0.809. The number of rotatable bonds is 5. The highest BCUT2D eigenvalue weighted by Crippen LogP contribution is 2.29. The van der Waals surface area contributed by atoms with Crippen LogP contribution in [0.3, 0.4) is 0 Å². The largest absolute Gasteiger partial charge is 0.492 e. The van der Waals surface area contributed by atoms with Gasteiger partial charge in [0, 0.05) is 11.6 Å². The molecule has 26 heavy (non-hydrogen) atoms. The smallest absolute Gasteiger partial charge is 0.238 e. The van der Waals surface area contributed by atoms with Crippen molar-refractivity contribution in [2.45, 2.75) is 17.7 Å². The number of hydrogen-bond donors (Lipinski definition) is 2. The Morgan fingerprint density at radius 2 is 1.96 bits per heavy atom. The topological polar surface area (TPSA) is 98.5 Å². The van der Waals surface area contributed by atoms with E-state index in [4.69, 9.17) is 21.5 Å². The monoisotopic (exact) mass is 394 g/mol. The number of carbonyl (C=O) groups is 1. The molecule has 0 fully saturated rings.